The number of hydrogen-bond acceptors (Lipinski definition) is 6. The van der Waals surface area contributed by atoms with Crippen LogP contribution in [0.25, 0.3) is 22.2 Å². The molecule has 0 N–H and O–H groups in total. The molecule has 1 fully saturated rings. The summed E-state index contributed by atoms with van der Waals surface area (Å²) in [6.07, 6.45) is 4.68. The van der Waals surface area contributed by atoms with E-state index in [1.54, 1.807) is 35.9 Å². The largest absolute Gasteiger partial charge is 0.497 e. The Morgan fingerprint density at radius 2 is 1.41 bits per heavy atom. The maximum absolute atomic E-state index is 13.7. The number of rotatable bonds is 11. The van der Waals surface area contributed by atoms with Gasteiger partial charge in [-0.25, -0.2) is 5.01 Å². The molecule has 0 spiro atoms. The summed E-state index contributed by atoms with van der Waals surface area (Å²) in [4.78, 5) is 27.2. The molecule has 2 aliphatic heterocycles. The van der Waals surface area contributed by atoms with Gasteiger partial charge in [0.2, 0.25) is 0 Å². The fourth-order valence-electron chi connectivity index (χ4n) is 8.11. The molecule has 3 atom stereocenters. The minimum absolute atomic E-state index is 0.00162. The van der Waals surface area contributed by atoms with Gasteiger partial charge in [-0.15, -0.1) is 0 Å². The maximum atomic E-state index is 13.7. The van der Waals surface area contributed by atoms with Crippen LogP contribution in [0.15, 0.2) is 170 Å². The van der Waals surface area contributed by atoms with Gasteiger partial charge in [-0.05, 0) is 100 Å². The van der Waals surface area contributed by atoms with Crippen LogP contribution >= 0.6 is 11.6 Å². The highest BCUT2D eigenvalue weighted by Gasteiger charge is 2.45. The van der Waals surface area contributed by atoms with E-state index in [2.05, 4.69) is 125 Å². The van der Waals surface area contributed by atoms with Crippen molar-refractivity contribution in [3.05, 3.63) is 220 Å². The summed E-state index contributed by atoms with van der Waals surface area (Å²) in [5.74, 6) is 0.0422. The van der Waals surface area contributed by atoms with Crippen LogP contribution in [0, 0.1) is 6.92 Å². The van der Waals surface area contributed by atoms with Crippen molar-refractivity contribution >= 4 is 45.7 Å². The van der Waals surface area contributed by atoms with Crippen LogP contribution in [0.1, 0.15) is 61.5 Å². The topological polar surface area (TPSA) is 63.8 Å². The van der Waals surface area contributed by atoms with Crippen LogP contribution in [-0.4, -0.2) is 40.1 Å². The maximum Gasteiger partial charge on any atom is 0.310 e. The Labute approximate surface area is 349 Å². The third-order valence-electron chi connectivity index (χ3n) is 11.2. The van der Waals surface area contributed by atoms with E-state index in [1.165, 1.54) is 22.3 Å². The highest BCUT2D eigenvalue weighted by atomic mass is 35.5. The number of carbonyl (C=O) groups is 2. The molecule has 3 unspecified atom stereocenters. The van der Waals surface area contributed by atoms with Gasteiger partial charge in [-0.1, -0.05) is 127 Å². The Morgan fingerprint density at radius 1 is 0.746 bits per heavy atom. The molecular weight excluding hydrogens is 754 g/mol. The summed E-state index contributed by atoms with van der Waals surface area (Å²) < 4.78 is 13.0. The van der Waals surface area contributed by atoms with Crippen molar-refractivity contribution in [2.24, 2.45) is 0 Å². The molecule has 1 saturated heterocycles. The van der Waals surface area contributed by atoms with E-state index in [-0.39, 0.29) is 37.0 Å². The minimum Gasteiger partial charge on any atom is -0.497 e. The van der Waals surface area contributed by atoms with Gasteiger partial charge < -0.3 is 9.47 Å². The number of benzene rings is 6. The molecule has 2 aliphatic rings. The van der Waals surface area contributed by atoms with E-state index < -0.39 is 0 Å². The lowest BCUT2D eigenvalue weighted by atomic mass is 9.92. The standard InChI is InChI=1S/C51H42ClN3O4/c1-34-44(45-30-43(58-2)26-27-46(45)54(34)51(57)40-22-24-42(52)25-23-40)31-50(56)59-33-35-18-20-39(21-19-35)49-32-53(49)55-47(37-14-8-4-9-15-37)28-41(36-12-6-3-7-13-36)29-48(55)38-16-10-5-11-17-38/h3-30,47,49H,31-33H2,1-2H3. The first-order valence-corrected chi connectivity index (χ1v) is 20.1. The van der Waals surface area contributed by atoms with Crippen LogP contribution in [0.5, 0.6) is 5.75 Å². The molecular formula is C51H42ClN3O4. The van der Waals surface area contributed by atoms with Crippen LogP contribution in [-0.2, 0) is 22.6 Å². The number of aromatic nitrogens is 1. The number of esters is 1. The lowest BCUT2D eigenvalue weighted by molar-refractivity contribution is -0.144. The molecule has 8 heteroatoms. The van der Waals surface area contributed by atoms with Gasteiger partial charge in [0.1, 0.15) is 12.4 Å². The number of methoxy groups -OCH3 is 1. The van der Waals surface area contributed by atoms with E-state index in [9.17, 15) is 9.59 Å². The first-order chi connectivity index (χ1) is 28.9. The SMILES string of the molecule is COc1ccc2c(c1)c(CC(=O)OCc1ccc(C3CN3N3C(c4ccccc4)=CC(c4ccccc4)=CC3c3ccccc3)cc1)c(C)n2C(=O)c1ccc(Cl)cc1. The zero-order chi connectivity index (χ0) is 40.5. The summed E-state index contributed by atoms with van der Waals surface area (Å²) in [7, 11) is 1.59. The molecule has 3 heterocycles. The monoisotopic (exact) mass is 795 g/mol. The molecule has 7 nitrogen and oxygen atoms in total. The Morgan fingerprint density at radius 3 is 2.08 bits per heavy atom. The van der Waals surface area contributed by atoms with Crippen LogP contribution in [0.4, 0.5) is 0 Å². The van der Waals surface area contributed by atoms with Gasteiger partial charge in [0.25, 0.3) is 5.91 Å². The number of hydrogen-bond donors (Lipinski definition) is 0. The fourth-order valence-corrected chi connectivity index (χ4v) is 8.24. The molecule has 0 radical (unpaired) electrons. The molecule has 0 aliphatic carbocycles. The van der Waals surface area contributed by atoms with Gasteiger partial charge in [0, 0.05) is 28.2 Å². The van der Waals surface area contributed by atoms with Crippen molar-refractivity contribution in [1.82, 2.24) is 14.6 Å². The fraction of sp³-hybridized carbons (Fsp3) is 0.137. The Kier molecular flexibility index (Phi) is 10.5. The average Bonchev–Trinajstić information content (AvgIpc) is 4.04. The summed E-state index contributed by atoms with van der Waals surface area (Å²) in [6.45, 7) is 2.86. The van der Waals surface area contributed by atoms with Crippen molar-refractivity contribution in [3.8, 4) is 5.75 Å². The second-order valence-corrected chi connectivity index (χ2v) is 15.3. The first kappa shape index (κ1) is 37.9. The van der Waals surface area contributed by atoms with Crippen LogP contribution in [0.2, 0.25) is 5.02 Å². The number of halogens is 1. The molecule has 0 saturated carbocycles. The van der Waals surface area contributed by atoms with Crippen LogP contribution in [0.3, 0.4) is 0 Å². The molecule has 0 amide bonds. The van der Waals surface area contributed by atoms with E-state index in [1.807, 2.05) is 37.3 Å². The molecule has 292 valence electrons. The molecule has 6 aromatic carbocycles. The Hall–Kier alpha value is -6.67. The molecule has 1 aromatic heterocycles. The van der Waals surface area contributed by atoms with Crippen molar-refractivity contribution in [1.29, 1.82) is 0 Å². The van der Waals surface area contributed by atoms with E-state index in [0.29, 0.717) is 27.5 Å². The quantitative estimate of drug-likeness (QED) is 0.0960. The summed E-state index contributed by atoms with van der Waals surface area (Å²) in [5, 5.41) is 6.21. The molecule has 7 aromatic rings. The average molecular weight is 796 g/mol. The Balaban J connectivity index is 0.925. The van der Waals surface area contributed by atoms with Gasteiger partial charge in [-0.3, -0.25) is 19.2 Å². The highest BCUT2D eigenvalue weighted by Crippen LogP contribution is 2.48. The second kappa shape index (κ2) is 16.3. The predicted molar refractivity (Wildman–Crippen MR) is 234 cm³/mol. The molecule has 0 bridgehead atoms. The number of allylic oxidation sites excluding steroid dienone is 2. The zero-order valence-corrected chi connectivity index (χ0v) is 33.6. The van der Waals surface area contributed by atoms with Crippen molar-refractivity contribution in [2.45, 2.75) is 32.0 Å². The third kappa shape index (κ3) is 7.70. The third-order valence-corrected chi connectivity index (χ3v) is 11.5. The van der Waals surface area contributed by atoms with E-state index in [4.69, 9.17) is 21.1 Å². The van der Waals surface area contributed by atoms with Crippen LogP contribution < -0.4 is 4.74 Å². The number of hydrazine groups is 1. The molecule has 9 rings (SSSR count). The van der Waals surface area contributed by atoms with E-state index >= 15 is 0 Å². The Bertz CT molecular complexity index is 2710. The normalized spacial score (nSPS) is 17.3. The first-order valence-electron chi connectivity index (χ1n) is 19.7. The number of ether oxygens (including phenoxy) is 2. The number of carbonyl (C=O) groups excluding carboxylic acids is 2. The van der Waals surface area contributed by atoms with Gasteiger partial charge in [0.15, 0.2) is 0 Å². The predicted octanol–water partition coefficient (Wildman–Crippen LogP) is 11.0. The van der Waals surface area contributed by atoms with Crippen molar-refractivity contribution in [3.63, 3.8) is 0 Å². The zero-order valence-electron chi connectivity index (χ0n) is 32.8. The van der Waals surface area contributed by atoms with Gasteiger partial charge >= 0.3 is 5.97 Å². The number of fused-ring (bicyclic) bond motifs is 1. The van der Waals surface area contributed by atoms with Crippen molar-refractivity contribution in [2.75, 3.05) is 13.7 Å². The second-order valence-electron chi connectivity index (χ2n) is 14.9. The van der Waals surface area contributed by atoms with E-state index in [0.717, 1.165) is 34.3 Å². The summed E-state index contributed by atoms with van der Waals surface area (Å²) in [6, 6.07) is 52.7. The summed E-state index contributed by atoms with van der Waals surface area (Å²) in [5.41, 5.74) is 10.6. The number of nitrogens with zero attached hydrogens (tertiary/aromatic N) is 3. The molecule has 59 heavy (non-hydrogen) atoms. The highest BCUT2D eigenvalue weighted by molar-refractivity contribution is 6.30. The summed E-state index contributed by atoms with van der Waals surface area (Å²) >= 11 is 6.09. The lowest BCUT2D eigenvalue weighted by Crippen LogP contribution is -2.34. The minimum atomic E-state index is -0.383. The smallest absolute Gasteiger partial charge is 0.310 e. The van der Waals surface area contributed by atoms with Gasteiger partial charge in [0.05, 0.1) is 36.8 Å². The van der Waals surface area contributed by atoms with Gasteiger partial charge in [-0.2, -0.15) is 0 Å². The van der Waals surface area contributed by atoms with Crippen molar-refractivity contribution < 1.29 is 19.1 Å². The lowest BCUT2D eigenvalue weighted by Gasteiger charge is -2.39.